The lowest BCUT2D eigenvalue weighted by Crippen LogP contribution is -2.35. The van der Waals surface area contributed by atoms with Gasteiger partial charge in [0.25, 0.3) is 0 Å². The molecule has 2 heterocycles. The third-order valence-electron chi connectivity index (χ3n) is 5.57. The fraction of sp³-hybridized carbons (Fsp3) is 0.391. The molecular formula is C23H27N3O4. The number of likely N-dealkylation sites (tertiary alicyclic amines) is 1. The van der Waals surface area contributed by atoms with Crippen LogP contribution in [0.4, 0.5) is 21.0 Å². The highest BCUT2D eigenvalue weighted by Crippen LogP contribution is 2.28. The van der Waals surface area contributed by atoms with Gasteiger partial charge in [-0.2, -0.15) is 0 Å². The number of ether oxygens (including phenoxy) is 2. The van der Waals surface area contributed by atoms with E-state index in [2.05, 4.69) is 5.32 Å². The Bertz CT molecular complexity index is 903. The van der Waals surface area contributed by atoms with Gasteiger partial charge in [0, 0.05) is 24.8 Å². The number of nitrogens with zero attached hydrogens (tertiary/aromatic N) is 2. The van der Waals surface area contributed by atoms with Crippen LogP contribution in [0.1, 0.15) is 24.8 Å². The van der Waals surface area contributed by atoms with Gasteiger partial charge in [-0.25, -0.2) is 9.59 Å². The second-order valence-corrected chi connectivity index (χ2v) is 7.71. The molecule has 0 saturated carbocycles. The molecule has 0 unspecified atom stereocenters. The van der Waals surface area contributed by atoms with Crippen molar-refractivity contribution in [3.05, 3.63) is 54.1 Å². The van der Waals surface area contributed by atoms with Gasteiger partial charge in [0.15, 0.2) is 0 Å². The molecule has 0 radical (unpaired) electrons. The van der Waals surface area contributed by atoms with Crippen LogP contribution in [0.25, 0.3) is 0 Å². The Kier molecular flexibility index (Phi) is 6.07. The van der Waals surface area contributed by atoms with Crippen LogP contribution >= 0.6 is 0 Å². The summed E-state index contributed by atoms with van der Waals surface area (Å²) in [5.74, 6) is 0.564. The van der Waals surface area contributed by atoms with Crippen LogP contribution in [0, 0.1) is 6.92 Å². The minimum Gasteiger partial charge on any atom is -0.447 e. The molecule has 0 aromatic heterocycles. The first kappa shape index (κ1) is 20.1. The standard InChI is InChI=1S/C23H27N3O4/c1-17-9-10-19(16-21(17)26-14-15-29-23(26)28)24-18-6-5-12-25(13-11-18)22(27)30-20-7-3-2-4-8-20/h2-4,7-10,16,18,24H,5-6,11-15H2,1H3/t18-/m1/s1. The number of aryl methyl sites for hydroxylation is 1. The summed E-state index contributed by atoms with van der Waals surface area (Å²) in [7, 11) is 0. The molecule has 2 aromatic carbocycles. The lowest BCUT2D eigenvalue weighted by Gasteiger charge is -2.22. The number of amides is 2. The fourth-order valence-electron chi connectivity index (χ4n) is 3.92. The molecule has 1 N–H and O–H groups in total. The maximum atomic E-state index is 12.5. The highest BCUT2D eigenvalue weighted by atomic mass is 16.6. The summed E-state index contributed by atoms with van der Waals surface area (Å²) < 4.78 is 10.6. The van der Waals surface area contributed by atoms with Crippen LogP contribution < -0.4 is 15.0 Å². The molecule has 2 aromatic rings. The normalized spacial score (nSPS) is 19.2. The van der Waals surface area contributed by atoms with Gasteiger partial charge in [0.05, 0.1) is 12.2 Å². The van der Waals surface area contributed by atoms with Crippen molar-refractivity contribution in [1.82, 2.24) is 4.90 Å². The van der Waals surface area contributed by atoms with E-state index in [9.17, 15) is 9.59 Å². The van der Waals surface area contributed by atoms with E-state index in [1.165, 1.54) is 0 Å². The van der Waals surface area contributed by atoms with Crippen molar-refractivity contribution >= 4 is 23.6 Å². The number of rotatable bonds is 4. The molecule has 2 saturated heterocycles. The number of carbonyl (C=O) groups is 2. The van der Waals surface area contributed by atoms with Gasteiger partial charge in [0.1, 0.15) is 12.4 Å². The first-order valence-electron chi connectivity index (χ1n) is 10.4. The zero-order valence-electron chi connectivity index (χ0n) is 17.2. The Morgan fingerprint density at radius 2 is 1.93 bits per heavy atom. The van der Waals surface area contributed by atoms with Crippen LogP contribution in [0.15, 0.2) is 48.5 Å². The van der Waals surface area contributed by atoms with E-state index in [0.717, 1.165) is 36.2 Å². The summed E-state index contributed by atoms with van der Waals surface area (Å²) in [4.78, 5) is 27.9. The van der Waals surface area contributed by atoms with Gasteiger partial charge in [0.2, 0.25) is 0 Å². The Labute approximate surface area is 176 Å². The zero-order valence-corrected chi connectivity index (χ0v) is 17.2. The number of hydrogen-bond donors (Lipinski definition) is 1. The fourth-order valence-corrected chi connectivity index (χ4v) is 3.92. The molecule has 7 nitrogen and oxygen atoms in total. The summed E-state index contributed by atoms with van der Waals surface area (Å²) >= 11 is 0. The quantitative estimate of drug-likeness (QED) is 0.810. The Morgan fingerprint density at radius 3 is 2.70 bits per heavy atom. The van der Waals surface area contributed by atoms with Gasteiger partial charge in [-0.15, -0.1) is 0 Å². The second-order valence-electron chi connectivity index (χ2n) is 7.71. The van der Waals surface area contributed by atoms with Crippen molar-refractivity contribution in [2.24, 2.45) is 0 Å². The molecule has 7 heteroatoms. The molecule has 2 fully saturated rings. The molecule has 0 aliphatic carbocycles. The predicted molar refractivity (Wildman–Crippen MR) is 115 cm³/mol. The van der Waals surface area contributed by atoms with Gasteiger partial charge in [-0.1, -0.05) is 24.3 Å². The van der Waals surface area contributed by atoms with Crippen molar-refractivity contribution in [3.63, 3.8) is 0 Å². The highest BCUT2D eigenvalue weighted by molar-refractivity contribution is 5.91. The molecule has 2 aliphatic heterocycles. The first-order chi connectivity index (χ1) is 14.6. The molecule has 1 atom stereocenters. The second kappa shape index (κ2) is 9.07. The number of carbonyl (C=O) groups excluding carboxylic acids is 2. The number of nitrogens with one attached hydrogen (secondary N) is 1. The largest absolute Gasteiger partial charge is 0.447 e. The minimum absolute atomic E-state index is 0.251. The SMILES string of the molecule is Cc1ccc(N[C@@H]2CCCN(C(=O)Oc3ccccc3)CC2)cc1N1CCOC1=O. The van der Waals surface area contributed by atoms with E-state index in [-0.39, 0.29) is 18.2 Å². The lowest BCUT2D eigenvalue weighted by molar-refractivity contribution is 0.154. The minimum atomic E-state index is -0.299. The predicted octanol–water partition coefficient (Wildman–Crippen LogP) is 4.42. The van der Waals surface area contributed by atoms with Gasteiger partial charge >= 0.3 is 12.2 Å². The molecule has 0 spiro atoms. The van der Waals surface area contributed by atoms with Gasteiger partial charge < -0.3 is 19.7 Å². The zero-order chi connectivity index (χ0) is 20.9. The van der Waals surface area contributed by atoms with E-state index >= 15 is 0 Å². The Balaban J connectivity index is 1.36. The Hall–Kier alpha value is -3.22. The molecule has 2 amide bonds. The monoisotopic (exact) mass is 409 g/mol. The number of para-hydroxylation sites is 1. The van der Waals surface area contributed by atoms with Gasteiger partial charge in [-0.05, 0) is 56.0 Å². The average Bonchev–Trinajstić information content (AvgIpc) is 3.03. The summed E-state index contributed by atoms with van der Waals surface area (Å²) in [5.41, 5.74) is 2.89. The number of hydrogen-bond acceptors (Lipinski definition) is 5. The Morgan fingerprint density at radius 1 is 1.10 bits per heavy atom. The first-order valence-corrected chi connectivity index (χ1v) is 10.4. The summed E-state index contributed by atoms with van der Waals surface area (Å²) in [6.45, 7) is 4.31. The van der Waals surface area contributed by atoms with E-state index in [1.807, 2.05) is 43.3 Å². The number of anilines is 2. The van der Waals surface area contributed by atoms with E-state index in [0.29, 0.717) is 32.0 Å². The lowest BCUT2D eigenvalue weighted by atomic mass is 10.1. The summed E-state index contributed by atoms with van der Waals surface area (Å²) in [6.07, 6.45) is 2.10. The van der Waals surface area contributed by atoms with E-state index < -0.39 is 0 Å². The molecule has 158 valence electrons. The third-order valence-corrected chi connectivity index (χ3v) is 5.57. The topological polar surface area (TPSA) is 71.1 Å². The maximum Gasteiger partial charge on any atom is 0.415 e. The van der Waals surface area contributed by atoms with Crippen molar-refractivity contribution in [3.8, 4) is 5.75 Å². The third kappa shape index (κ3) is 4.67. The van der Waals surface area contributed by atoms with Crippen LogP contribution in [-0.2, 0) is 4.74 Å². The summed E-state index contributed by atoms with van der Waals surface area (Å²) in [5, 5.41) is 3.58. The average molecular weight is 409 g/mol. The summed E-state index contributed by atoms with van der Waals surface area (Å²) in [6, 6.07) is 15.5. The highest BCUT2D eigenvalue weighted by Gasteiger charge is 2.26. The molecule has 30 heavy (non-hydrogen) atoms. The van der Waals surface area contributed by atoms with E-state index in [1.54, 1.807) is 21.9 Å². The van der Waals surface area contributed by atoms with Crippen LogP contribution in [0.2, 0.25) is 0 Å². The smallest absolute Gasteiger partial charge is 0.415 e. The van der Waals surface area contributed by atoms with E-state index in [4.69, 9.17) is 9.47 Å². The number of cyclic esters (lactones) is 1. The molecule has 0 bridgehead atoms. The molecular weight excluding hydrogens is 382 g/mol. The maximum absolute atomic E-state index is 12.5. The number of benzene rings is 2. The van der Waals surface area contributed by atoms with Crippen molar-refractivity contribution in [2.45, 2.75) is 32.2 Å². The van der Waals surface area contributed by atoms with Crippen molar-refractivity contribution < 1.29 is 19.1 Å². The van der Waals surface area contributed by atoms with Crippen LogP contribution in [0.5, 0.6) is 5.75 Å². The molecule has 4 rings (SSSR count). The van der Waals surface area contributed by atoms with Gasteiger partial charge in [-0.3, -0.25) is 4.90 Å². The van der Waals surface area contributed by atoms with Crippen LogP contribution in [-0.4, -0.2) is 49.4 Å². The van der Waals surface area contributed by atoms with Crippen molar-refractivity contribution in [1.29, 1.82) is 0 Å². The molecule has 2 aliphatic rings. The van der Waals surface area contributed by atoms with Crippen LogP contribution in [0.3, 0.4) is 0 Å². The van der Waals surface area contributed by atoms with Crippen molar-refractivity contribution in [2.75, 3.05) is 36.5 Å².